The van der Waals surface area contributed by atoms with E-state index in [0.717, 1.165) is 11.8 Å². The highest BCUT2D eigenvalue weighted by Crippen LogP contribution is 2.47. The molecule has 0 saturated carbocycles. The van der Waals surface area contributed by atoms with Crippen LogP contribution in [0.2, 0.25) is 0 Å². The molecule has 218 valence electrons. The van der Waals surface area contributed by atoms with Gasteiger partial charge in [-0.05, 0) is 42.7 Å². The second-order valence-electron chi connectivity index (χ2n) is 9.53. The Morgan fingerprint density at radius 3 is 2.60 bits per heavy atom. The Bertz CT molecular complexity index is 1740. The van der Waals surface area contributed by atoms with E-state index in [0.29, 0.717) is 56.8 Å². The quantitative estimate of drug-likeness (QED) is 0.248. The Morgan fingerprint density at radius 1 is 1.16 bits per heavy atom. The lowest BCUT2D eigenvalue weighted by molar-refractivity contribution is -0.116. The molecule has 2 heterocycles. The van der Waals surface area contributed by atoms with Gasteiger partial charge < -0.3 is 21.5 Å². The van der Waals surface area contributed by atoms with Crippen LogP contribution >= 0.6 is 23.1 Å². The Morgan fingerprint density at radius 2 is 1.91 bits per heavy atom. The molecule has 1 aliphatic heterocycles. The van der Waals surface area contributed by atoms with E-state index in [9.17, 15) is 24.4 Å². The first-order chi connectivity index (χ1) is 20.7. The molecular formula is C29H25N7O5S2. The van der Waals surface area contributed by atoms with Crippen molar-refractivity contribution in [3.05, 3.63) is 87.9 Å². The highest BCUT2D eigenvalue weighted by molar-refractivity contribution is 8.01. The van der Waals surface area contributed by atoms with Gasteiger partial charge in [-0.2, -0.15) is 5.26 Å². The summed E-state index contributed by atoms with van der Waals surface area (Å²) in [5.74, 6) is -2.22. The summed E-state index contributed by atoms with van der Waals surface area (Å²) >= 11 is 2.30. The number of aromatic nitrogens is 2. The summed E-state index contributed by atoms with van der Waals surface area (Å²) < 4.78 is 5.24. The van der Waals surface area contributed by atoms with Crippen LogP contribution in [-0.4, -0.2) is 46.6 Å². The predicted molar refractivity (Wildman–Crippen MR) is 160 cm³/mol. The first-order valence-electron chi connectivity index (χ1n) is 13.0. The molecule has 2 aromatic carbocycles. The number of carbonyl (C=O) groups excluding carboxylic acids is 4. The lowest BCUT2D eigenvalue weighted by atomic mass is 9.75. The molecule has 2 aliphatic rings. The number of anilines is 2. The maximum Gasteiger partial charge on any atom is 0.337 e. The number of hydrogen-bond donors (Lipinski definition) is 3. The number of nitrogens with two attached hydrogens (primary N) is 2. The summed E-state index contributed by atoms with van der Waals surface area (Å²) in [6, 6.07) is 15.2. The van der Waals surface area contributed by atoms with Gasteiger partial charge in [0.05, 0.1) is 47.2 Å². The molecule has 0 fully saturated rings. The average molecular weight is 616 g/mol. The van der Waals surface area contributed by atoms with Crippen molar-refractivity contribution >= 4 is 57.5 Å². The third kappa shape index (κ3) is 5.85. The molecule has 12 nitrogen and oxygen atoms in total. The van der Waals surface area contributed by atoms with Gasteiger partial charge in [0.2, 0.25) is 11.0 Å². The molecule has 0 spiro atoms. The second kappa shape index (κ2) is 12.5. The van der Waals surface area contributed by atoms with Gasteiger partial charge in [-0.15, -0.1) is 10.2 Å². The van der Waals surface area contributed by atoms with E-state index in [4.69, 9.17) is 16.2 Å². The first kappa shape index (κ1) is 29.5. The molecule has 5 N–H and O–H groups in total. The summed E-state index contributed by atoms with van der Waals surface area (Å²) in [7, 11) is 1.29. The topological polar surface area (TPSA) is 194 Å². The minimum Gasteiger partial charge on any atom is -0.465 e. The largest absolute Gasteiger partial charge is 0.465 e. The maximum absolute atomic E-state index is 13.3. The highest BCUT2D eigenvalue weighted by Gasteiger charge is 2.41. The van der Waals surface area contributed by atoms with Gasteiger partial charge in [0.1, 0.15) is 5.82 Å². The summed E-state index contributed by atoms with van der Waals surface area (Å²) in [5, 5.41) is 21.7. The lowest BCUT2D eigenvalue weighted by Gasteiger charge is -2.38. The summed E-state index contributed by atoms with van der Waals surface area (Å²) in [5.41, 5.74) is 14.8. The van der Waals surface area contributed by atoms with Crippen molar-refractivity contribution in [1.82, 2.24) is 10.2 Å². The van der Waals surface area contributed by atoms with Gasteiger partial charge in [-0.25, -0.2) is 4.79 Å². The molecule has 3 aromatic rings. The second-order valence-corrected chi connectivity index (χ2v) is 11.7. The van der Waals surface area contributed by atoms with E-state index in [1.54, 1.807) is 47.4 Å². The Balaban J connectivity index is 1.41. The van der Waals surface area contributed by atoms with E-state index in [1.165, 1.54) is 24.5 Å². The first-order valence-corrected chi connectivity index (χ1v) is 14.8. The van der Waals surface area contributed by atoms with Gasteiger partial charge in [-0.3, -0.25) is 19.3 Å². The Kier molecular flexibility index (Phi) is 8.56. The molecule has 5 rings (SSSR count). The van der Waals surface area contributed by atoms with Crippen molar-refractivity contribution in [2.75, 3.05) is 23.1 Å². The smallest absolute Gasteiger partial charge is 0.337 e. The van der Waals surface area contributed by atoms with Gasteiger partial charge in [-0.1, -0.05) is 47.4 Å². The van der Waals surface area contributed by atoms with Gasteiger partial charge >= 0.3 is 5.97 Å². The number of para-hydroxylation sites is 1. The normalized spacial score (nSPS) is 16.4. The van der Waals surface area contributed by atoms with Crippen molar-refractivity contribution in [2.45, 2.75) is 29.5 Å². The number of hydrogen-bond acceptors (Lipinski definition) is 12. The number of ether oxygens (including phenoxy) is 1. The zero-order valence-corrected chi connectivity index (χ0v) is 24.5. The zero-order valence-electron chi connectivity index (χ0n) is 22.8. The molecular weight excluding hydrogens is 590 g/mol. The number of carbonyl (C=O) groups is 4. The summed E-state index contributed by atoms with van der Waals surface area (Å²) in [6.07, 6.45) is 1.46. The van der Waals surface area contributed by atoms with E-state index < -0.39 is 17.8 Å². The number of thioether (sulfide) groups is 1. The van der Waals surface area contributed by atoms with Crippen LogP contribution in [-0.2, 0) is 14.3 Å². The van der Waals surface area contributed by atoms with Gasteiger partial charge in [0, 0.05) is 17.7 Å². The van der Waals surface area contributed by atoms with Crippen LogP contribution in [0.15, 0.2) is 75.5 Å². The third-order valence-corrected chi connectivity index (χ3v) is 9.00. The average Bonchev–Trinajstić information content (AvgIpc) is 3.48. The van der Waals surface area contributed by atoms with Crippen LogP contribution in [0, 0.1) is 11.3 Å². The molecule has 0 bridgehead atoms. The molecule has 1 unspecified atom stereocenters. The summed E-state index contributed by atoms with van der Waals surface area (Å²) in [6.45, 7) is 0. The van der Waals surface area contributed by atoms with Crippen LogP contribution in [0.4, 0.5) is 10.8 Å². The number of methoxy groups -OCH3 is 1. The van der Waals surface area contributed by atoms with Crippen molar-refractivity contribution in [3.8, 4) is 6.07 Å². The fraction of sp³-hybridized carbons (Fsp3) is 0.207. The van der Waals surface area contributed by atoms with Crippen LogP contribution in [0.1, 0.15) is 51.5 Å². The fourth-order valence-corrected chi connectivity index (χ4v) is 6.72. The highest BCUT2D eigenvalue weighted by atomic mass is 32.2. The Hall–Kier alpha value is -5.00. The number of nitrogens with zero attached hydrogens (tertiary/aromatic N) is 4. The molecule has 1 aromatic heterocycles. The predicted octanol–water partition coefficient (Wildman–Crippen LogP) is 3.46. The molecule has 0 saturated heterocycles. The van der Waals surface area contributed by atoms with Crippen molar-refractivity contribution in [2.24, 2.45) is 11.5 Å². The van der Waals surface area contributed by atoms with Crippen molar-refractivity contribution < 1.29 is 23.9 Å². The van der Waals surface area contributed by atoms with E-state index in [1.807, 2.05) is 0 Å². The SMILES string of the molecule is COC(=O)c1ccc(C2C(C#N)=C(N)N(c3nnc(SCC(=O)Nc4ccccc4C(N)=O)s3)C3=C2C(=O)CCC3)cc1. The number of amides is 2. The van der Waals surface area contributed by atoms with Crippen molar-refractivity contribution in [1.29, 1.82) is 5.26 Å². The number of primary amides is 1. The maximum atomic E-state index is 13.3. The molecule has 14 heteroatoms. The van der Waals surface area contributed by atoms with Crippen LogP contribution in [0.3, 0.4) is 0 Å². The van der Waals surface area contributed by atoms with Gasteiger partial charge in [0.25, 0.3) is 5.91 Å². The minimum atomic E-state index is -0.704. The number of Topliss-reactive ketones (excluding diaryl/α,β-unsaturated/α-hetero) is 1. The van der Waals surface area contributed by atoms with E-state index in [-0.39, 0.29) is 34.4 Å². The fourth-order valence-electron chi connectivity index (χ4n) is 5.04. The molecule has 1 aliphatic carbocycles. The van der Waals surface area contributed by atoms with E-state index in [2.05, 4.69) is 21.6 Å². The Labute approximate surface area is 254 Å². The molecule has 43 heavy (non-hydrogen) atoms. The molecule has 2 amide bonds. The van der Waals surface area contributed by atoms with Gasteiger partial charge in [0.15, 0.2) is 10.1 Å². The number of allylic oxidation sites excluding steroid dienone is 3. The number of nitrogens with one attached hydrogen (secondary N) is 1. The van der Waals surface area contributed by atoms with Crippen molar-refractivity contribution in [3.63, 3.8) is 0 Å². The monoisotopic (exact) mass is 615 g/mol. The molecule has 0 radical (unpaired) electrons. The zero-order chi connectivity index (χ0) is 30.7. The van der Waals surface area contributed by atoms with E-state index >= 15 is 0 Å². The summed E-state index contributed by atoms with van der Waals surface area (Å²) in [4.78, 5) is 51.1. The molecule has 1 atom stereocenters. The number of ketones is 1. The number of benzene rings is 2. The third-order valence-electron chi connectivity index (χ3n) is 6.96. The van der Waals surface area contributed by atoms with Crippen LogP contribution < -0.4 is 21.7 Å². The van der Waals surface area contributed by atoms with Crippen LogP contribution in [0.5, 0.6) is 0 Å². The lowest BCUT2D eigenvalue weighted by Crippen LogP contribution is -2.38. The number of esters is 1. The number of rotatable bonds is 8. The standard InChI is InChI=1S/C29H25N7O5S2/c1-41-27(40)16-11-9-15(10-12-16)23-18(13-30)25(31)36(20-7-4-8-21(37)24(20)23)28-34-35-29(43-28)42-14-22(38)33-19-6-3-2-5-17(19)26(32)39/h2-3,5-6,9-12,23H,4,7-8,14,31H2,1H3,(H2,32,39)(H,33,38). The number of nitriles is 1. The van der Waals surface area contributed by atoms with Crippen LogP contribution in [0.25, 0.3) is 0 Å². The minimum absolute atomic E-state index is 0.0213.